The van der Waals surface area contributed by atoms with Crippen LogP contribution in [0.4, 0.5) is 5.69 Å². The van der Waals surface area contributed by atoms with Crippen LogP contribution in [-0.2, 0) is 0 Å². The molecule has 104 valence electrons. The molecule has 0 aliphatic carbocycles. The van der Waals surface area contributed by atoms with Crippen molar-refractivity contribution in [3.05, 3.63) is 39.9 Å². The molecule has 0 aliphatic heterocycles. The first-order valence-electron chi connectivity index (χ1n) is 6.14. The Morgan fingerprint density at radius 1 is 1.29 bits per heavy atom. The maximum absolute atomic E-state index is 12.2. The van der Waals surface area contributed by atoms with E-state index in [9.17, 15) is 4.79 Å². The van der Waals surface area contributed by atoms with E-state index in [1.165, 1.54) is 12.1 Å². The molecule has 1 aromatic heterocycles. The van der Waals surface area contributed by atoms with Crippen LogP contribution in [0, 0.1) is 22.7 Å². The van der Waals surface area contributed by atoms with Crippen LogP contribution in [0.3, 0.4) is 0 Å². The van der Waals surface area contributed by atoms with Crippen LogP contribution in [0.2, 0.25) is 0 Å². The molecular formula is C14H11N5OS. The lowest BCUT2D eigenvalue weighted by molar-refractivity contribution is 0.102. The monoisotopic (exact) mass is 297 g/mol. The van der Waals surface area contributed by atoms with Crippen LogP contribution in [0.25, 0.3) is 0 Å². The second kappa shape index (κ2) is 6.12. The molecule has 0 atom stereocenters. The van der Waals surface area contributed by atoms with Crippen molar-refractivity contribution < 1.29 is 4.79 Å². The minimum absolute atomic E-state index is 0.0973. The Balaban J connectivity index is 2.27. The van der Waals surface area contributed by atoms with E-state index in [-0.39, 0.29) is 23.0 Å². The second-order valence-electron chi connectivity index (χ2n) is 4.58. The number of carbonyl (C=O) groups is 1. The van der Waals surface area contributed by atoms with Crippen molar-refractivity contribution in [3.63, 3.8) is 0 Å². The Morgan fingerprint density at radius 3 is 2.62 bits per heavy atom. The average molecular weight is 297 g/mol. The Kier molecular flexibility index (Phi) is 4.27. The van der Waals surface area contributed by atoms with Gasteiger partial charge in [0.05, 0.1) is 16.8 Å². The van der Waals surface area contributed by atoms with Crippen molar-refractivity contribution in [2.24, 2.45) is 0 Å². The molecule has 1 N–H and O–H groups in total. The third-order valence-electron chi connectivity index (χ3n) is 2.78. The summed E-state index contributed by atoms with van der Waals surface area (Å²) in [4.78, 5) is 12.7. The van der Waals surface area contributed by atoms with Gasteiger partial charge < -0.3 is 5.32 Å². The molecule has 0 unspecified atom stereocenters. The first-order valence-corrected chi connectivity index (χ1v) is 6.92. The van der Waals surface area contributed by atoms with Crippen molar-refractivity contribution in [1.29, 1.82) is 10.5 Å². The topological polar surface area (TPSA) is 102 Å². The van der Waals surface area contributed by atoms with Crippen molar-refractivity contribution in [2.45, 2.75) is 19.8 Å². The number of hydrogen-bond donors (Lipinski definition) is 1. The molecule has 0 bridgehead atoms. The number of aromatic nitrogens is 2. The summed E-state index contributed by atoms with van der Waals surface area (Å²) >= 11 is 1.03. The highest BCUT2D eigenvalue weighted by molar-refractivity contribution is 7.08. The van der Waals surface area contributed by atoms with Gasteiger partial charge in [0.25, 0.3) is 5.91 Å². The fraction of sp³-hybridized carbons (Fsp3) is 0.214. The molecule has 1 aromatic carbocycles. The zero-order chi connectivity index (χ0) is 15.4. The first kappa shape index (κ1) is 14.6. The van der Waals surface area contributed by atoms with Crippen LogP contribution in [0.5, 0.6) is 0 Å². The molecule has 1 amide bonds. The predicted octanol–water partition coefficient (Wildman–Crippen LogP) is 2.66. The van der Waals surface area contributed by atoms with E-state index in [0.717, 1.165) is 11.5 Å². The van der Waals surface area contributed by atoms with Crippen molar-refractivity contribution in [1.82, 2.24) is 9.59 Å². The summed E-state index contributed by atoms with van der Waals surface area (Å²) in [5, 5.41) is 24.5. The highest BCUT2D eigenvalue weighted by Gasteiger charge is 2.19. The number of benzene rings is 1. The fourth-order valence-corrected chi connectivity index (χ4v) is 2.45. The molecule has 0 aliphatic rings. The minimum Gasteiger partial charge on any atom is -0.321 e. The number of rotatable bonds is 3. The van der Waals surface area contributed by atoms with Gasteiger partial charge in [-0.25, -0.2) is 0 Å². The molecule has 2 rings (SSSR count). The number of hydrogen-bond acceptors (Lipinski definition) is 6. The molecule has 0 saturated heterocycles. The van der Waals surface area contributed by atoms with E-state index in [1.807, 2.05) is 26.0 Å². The summed E-state index contributed by atoms with van der Waals surface area (Å²) in [6.45, 7) is 3.87. The molecule has 0 saturated carbocycles. The van der Waals surface area contributed by atoms with Gasteiger partial charge in [0.1, 0.15) is 17.0 Å². The number of nitrogens with one attached hydrogen (secondary N) is 1. The lowest BCUT2D eigenvalue weighted by Gasteiger charge is -2.06. The van der Waals surface area contributed by atoms with Gasteiger partial charge >= 0.3 is 0 Å². The van der Waals surface area contributed by atoms with Crippen LogP contribution < -0.4 is 5.32 Å². The molecule has 0 spiro atoms. The van der Waals surface area contributed by atoms with E-state index in [1.54, 1.807) is 6.07 Å². The number of nitrogens with zero attached hydrogens (tertiary/aromatic N) is 4. The van der Waals surface area contributed by atoms with Gasteiger partial charge in [-0.1, -0.05) is 18.3 Å². The molecular weight excluding hydrogens is 286 g/mol. The largest absolute Gasteiger partial charge is 0.321 e. The summed E-state index contributed by atoms with van der Waals surface area (Å²) in [6.07, 6.45) is 0. The normalized spacial score (nSPS) is 9.95. The second-order valence-corrected chi connectivity index (χ2v) is 5.33. The van der Waals surface area contributed by atoms with Gasteiger partial charge in [0.15, 0.2) is 0 Å². The molecule has 21 heavy (non-hydrogen) atoms. The molecule has 2 aromatic rings. The summed E-state index contributed by atoms with van der Waals surface area (Å²) < 4.78 is 3.80. The van der Waals surface area contributed by atoms with Gasteiger partial charge in [0, 0.05) is 5.69 Å². The highest BCUT2D eigenvalue weighted by atomic mass is 32.1. The summed E-state index contributed by atoms with van der Waals surface area (Å²) in [5.41, 5.74) is 1.60. The lowest BCUT2D eigenvalue weighted by Crippen LogP contribution is -2.13. The lowest BCUT2D eigenvalue weighted by atomic mass is 10.1. The van der Waals surface area contributed by atoms with Crippen molar-refractivity contribution in [3.8, 4) is 12.1 Å². The number of amides is 1. The summed E-state index contributed by atoms with van der Waals surface area (Å²) in [7, 11) is 0. The molecule has 0 radical (unpaired) electrons. The Morgan fingerprint density at radius 2 is 2.00 bits per heavy atom. The third kappa shape index (κ3) is 3.04. The molecule has 0 fully saturated rings. The quantitative estimate of drug-likeness (QED) is 0.938. The van der Waals surface area contributed by atoms with Crippen molar-refractivity contribution in [2.75, 3.05) is 5.32 Å². The van der Waals surface area contributed by atoms with Gasteiger partial charge in [-0.2, -0.15) is 10.5 Å². The van der Waals surface area contributed by atoms with Gasteiger partial charge in [0.2, 0.25) is 0 Å². The number of anilines is 1. The summed E-state index contributed by atoms with van der Waals surface area (Å²) in [6, 6.07) is 8.41. The van der Waals surface area contributed by atoms with E-state index >= 15 is 0 Å². The predicted molar refractivity (Wildman–Crippen MR) is 77.8 cm³/mol. The van der Waals surface area contributed by atoms with Gasteiger partial charge in [-0.3, -0.25) is 4.79 Å². The smallest absolute Gasteiger partial charge is 0.269 e. The first-order chi connectivity index (χ1) is 10.1. The molecule has 7 heteroatoms. The van der Waals surface area contributed by atoms with Gasteiger partial charge in [-0.05, 0) is 35.6 Å². The zero-order valence-electron chi connectivity index (χ0n) is 11.4. The minimum atomic E-state index is -0.317. The third-order valence-corrected chi connectivity index (χ3v) is 3.53. The highest BCUT2D eigenvalue weighted by Crippen LogP contribution is 2.22. The van der Waals surface area contributed by atoms with Crippen LogP contribution in [-0.4, -0.2) is 15.5 Å². The Hall–Kier alpha value is -2.77. The Bertz CT molecular complexity index is 766. The molecule has 1 heterocycles. The average Bonchev–Trinajstić information content (AvgIpc) is 2.96. The van der Waals surface area contributed by atoms with Crippen LogP contribution >= 0.6 is 11.5 Å². The van der Waals surface area contributed by atoms with Crippen LogP contribution in [0.1, 0.15) is 46.3 Å². The van der Waals surface area contributed by atoms with E-state index in [4.69, 9.17) is 10.5 Å². The van der Waals surface area contributed by atoms with E-state index < -0.39 is 0 Å². The summed E-state index contributed by atoms with van der Waals surface area (Å²) in [5.74, 6) is -0.220. The van der Waals surface area contributed by atoms with Crippen LogP contribution in [0.15, 0.2) is 18.2 Å². The van der Waals surface area contributed by atoms with Crippen molar-refractivity contribution >= 4 is 23.1 Å². The van der Waals surface area contributed by atoms with Gasteiger partial charge in [-0.15, -0.1) is 5.10 Å². The maximum atomic E-state index is 12.2. The SMILES string of the molecule is CC(C)c1nnsc1C(=O)Nc1ccc(C#N)c(C#N)c1. The fourth-order valence-electron chi connectivity index (χ4n) is 1.73. The number of carbonyl (C=O) groups excluding carboxylic acids is 1. The maximum Gasteiger partial charge on any atom is 0.269 e. The molecule has 6 nitrogen and oxygen atoms in total. The standard InChI is InChI=1S/C14H11N5OS/c1-8(2)12-13(21-19-18-12)14(20)17-11-4-3-9(6-15)10(5-11)7-16/h3-5,8H,1-2H3,(H,17,20). The Labute approximate surface area is 125 Å². The van der Waals surface area contributed by atoms with E-state index in [2.05, 4.69) is 14.9 Å². The van der Waals surface area contributed by atoms with E-state index in [0.29, 0.717) is 16.3 Å². The zero-order valence-corrected chi connectivity index (χ0v) is 12.2. The number of nitriles is 2.